The number of carbonyl (C=O) groups is 4. The number of phosphoric acid groups is 1. The van der Waals surface area contributed by atoms with Crippen LogP contribution in [0, 0.1) is 0 Å². The topological polar surface area (TPSA) is 198 Å². The van der Waals surface area contributed by atoms with Crippen molar-refractivity contribution in [2.24, 2.45) is 5.73 Å². The predicted octanol–water partition coefficient (Wildman–Crippen LogP) is 7.42. The second-order valence-electron chi connectivity index (χ2n) is 13.9. The number of thiophene rings is 1. The molecule has 0 spiro atoms. The Morgan fingerprint density at radius 1 is 0.797 bits per heavy atom. The van der Waals surface area contributed by atoms with Crippen LogP contribution in [0.4, 0.5) is 21.0 Å². The number of phosphoric ester groups is 1. The van der Waals surface area contributed by atoms with Gasteiger partial charge in [-0.05, 0) is 40.5 Å². The van der Waals surface area contributed by atoms with E-state index >= 15 is 0 Å². The summed E-state index contributed by atoms with van der Waals surface area (Å²) in [6.45, 7) is 1.03. The van der Waals surface area contributed by atoms with Crippen LogP contribution < -0.4 is 24.8 Å². The molecule has 1 aromatic heterocycles. The van der Waals surface area contributed by atoms with E-state index in [2.05, 4.69) is 0 Å². The number of halogens is 2. The monoisotopic (exact) mass is 884 g/mol. The molecule has 3 heterocycles. The quantitative estimate of drug-likeness (QED) is 0.0570. The van der Waals surface area contributed by atoms with E-state index in [0.29, 0.717) is 34.0 Å². The molecular formula is C40H39Cl2N4O11PS. The van der Waals surface area contributed by atoms with Gasteiger partial charge in [-0.2, -0.15) is 0 Å². The molecule has 7 rings (SSSR count). The van der Waals surface area contributed by atoms with E-state index in [9.17, 15) is 33.5 Å². The number of amides is 4. The van der Waals surface area contributed by atoms with Gasteiger partial charge in [-0.25, -0.2) is 14.2 Å². The van der Waals surface area contributed by atoms with Gasteiger partial charge in [-0.1, -0.05) is 48.5 Å². The minimum absolute atomic E-state index is 0.00646. The highest BCUT2D eigenvalue weighted by atomic mass is 35.5. The van der Waals surface area contributed by atoms with E-state index in [1.807, 2.05) is 24.3 Å². The third-order valence-corrected chi connectivity index (χ3v) is 12.4. The number of nitrogens with two attached hydrogens (primary N) is 1. The summed E-state index contributed by atoms with van der Waals surface area (Å²) in [5, 5.41) is 2.50. The van der Waals surface area contributed by atoms with Gasteiger partial charge in [0, 0.05) is 79.8 Å². The van der Waals surface area contributed by atoms with Crippen LogP contribution in [-0.2, 0) is 14.0 Å². The number of nitrogens with zero attached hydrogens (tertiary/aromatic N) is 3. The fraction of sp³-hybridized carbons (Fsp3) is 0.300. The number of hydrogen-bond donors (Lipinski definition) is 3. The van der Waals surface area contributed by atoms with Crippen molar-refractivity contribution < 1.29 is 52.3 Å². The maximum absolute atomic E-state index is 14.4. The molecule has 310 valence electrons. The van der Waals surface area contributed by atoms with Crippen LogP contribution in [0.5, 0.6) is 11.5 Å². The van der Waals surface area contributed by atoms with Crippen LogP contribution in [-0.4, -0.2) is 97.0 Å². The normalized spacial score (nSPS) is 15.9. The summed E-state index contributed by atoms with van der Waals surface area (Å²) in [5.41, 5.74) is 7.54. The third-order valence-electron chi connectivity index (χ3n) is 10.2. The van der Waals surface area contributed by atoms with Gasteiger partial charge in [-0.15, -0.1) is 34.5 Å². The molecule has 4 amide bonds. The average molecular weight is 886 g/mol. The van der Waals surface area contributed by atoms with Gasteiger partial charge in [-0.3, -0.25) is 19.4 Å². The first-order valence-corrected chi connectivity index (χ1v) is 21.8. The summed E-state index contributed by atoms with van der Waals surface area (Å²) in [7, 11) is -3.45. The summed E-state index contributed by atoms with van der Waals surface area (Å²) >= 11 is 13.9. The van der Waals surface area contributed by atoms with E-state index in [1.165, 1.54) is 23.0 Å². The molecular weight excluding hydrogens is 846 g/mol. The number of fused-ring (bicyclic) bond motifs is 6. The zero-order valence-electron chi connectivity index (χ0n) is 31.5. The molecule has 19 heteroatoms. The van der Waals surface area contributed by atoms with Crippen molar-refractivity contribution in [1.29, 1.82) is 0 Å². The lowest BCUT2D eigenvalue weighted by molar-refractivity contribution is 0.0986. The number of alkyl halides is 2. The molecule has 2 atom stereocenters. The van der Waals surface area contributed by atoms with Gasteiger partial charge < -0.3 is 39.2 Å². The van der Waals surface area contributed by atoms with Crippen molar-refractivity contribution in [3.05, 3.63) is 93.7 Å². The summed E-state index contributed by atoms with van der Waals surface area (Å²) in [4.78, 5) is 77.7. The Kier molecular flexibility index (Phi) is 12.7. The largest absolute Gasteiger partial charge is 0.524 e. The number of ether oxygens (including phenoxy) is 3. The second-order valence-corrected chi connectivity index (χ2v) is 16.7. The van der Waals surface area contributed by atoms with Crippen LogP contribution in [0.3, 0.4) is 0 Å². The molecule has 2 aliphatic rings. The first-order valence-electron chi connectivity index (χ1n) is 18.4. The molecule has 0 saturated heterocycles. The molecule has 4 aromatic carbocycles. The fourth-order valence-corrected chi connectivity index (χ4v) is 9.48. The van der Waals surface area contributed by atoms with Crippen LogP contribution >= 0.6 is 42.4 Å². The van der Waals surface area contributed by atoms with E-state index in [4.69, 9.17) is 47.7 Å². The van der Waals surface area contributed by atoms with Crippen LogP contribution in [0.1, 0.15) is 48.7 Å². The molecule has 0 saturated carbocycles. The Balaban J connectivity index is 1.19. The highest BCUT2D eigenvalue weighted by Crippen LogP contribution is 2.50. The van der Waals surface area contributed by atoms with Crippen molar-refractivity contribution in [1.82, 2.24) is 4.90 Å². The molecule has 15 nitrogen and oxygen atoms in total. The second kappa shape index (κ2) is 17.7. The number of benzene rings is 4. The Hall–Kier alpha value is -4.93. The van der Waals surface area contributed by atoms with E-state index in [-0.39, 0.29) is 84.2 Å². The molecule has 4 N–H and O–H groups in total. The molecule has 59 heavy (non-hydrogen) atoms. The summed E-state index contributed by atoms with van der Waals surface area (Å²) in [5.74, 6) is -0.873. The number of hydrogen-bond acceptors (Lipinski definition) is 10. The molecule has 0 unspecified atom stereocenters. The van der Waals surface area contributed by atoms with Crippen molar-refractivity contribution >= 4 is 99.3 Å². The van der Waals surface area contributed by atoms with Crippen LogP contribution in [0.2, 0.25) is 0 Å². The van der Waals surface area contributed by atoms with E-state index in [1.54, 1.807) is 47.4 Å². The molecule has 0 radical (unpaired) electrons. The summed E-state index contributed by atoms with van der Waals surface area (Å²) in [6, 6.07) is 20.6. The summed E-state index contributed by atoms with van der Waals surface area (Å²) in [6.07, 6.45) is -1.29. The van der Waals surface area contributed by atoms with E-state index < -0.39 is 31.8 Å². The zero-order valence-corrected chi connectivity index (χ0v) is 34.8. The van der Waals surface area contributed by atoms with Gasteiger partial charge in [0.1, 0.15) is 11.5 Å². The van der Waals surface area contributed by atoms with Gasteiger partial charge >= 0.3 is 20.0 Å². The predicted molar refractivity (Wildman–Crippen MR) is 225 cm³/mol. The number of methoxy groups -OCH3 is 1. The Bertz CT molecular complexity index is 2500. The van der Waals surface area contributed by atoms with Gasteiger partial charge in [0.05, 0.1) is 34.3 Å². The number of rotatable bonds is 14. The highest BCUT2D eigenvalue weighted by molar-refractivity contribution is 7.46. The van der Waals surface area contributed by atoms with Gasteiger partial charge in [0.2, 0.25) is 0 Å². The smallest absolute Gasteiger partial charge is 0.450 e. The lowest BCUT2D eigenvalue weighted by Crippen LogP contribution is -2.37. The SMILES string of the molecule is COCCN(CCCOC(N)=O)C(=O)Oc1cc2c(c3ccccc13)[C@H](CCl)CN2C(=O)c1ccc(C(=O)N2C[C@@H](CCl)c3c2cc(OP(=O)(O)O)c2ccccc32)s1. The Morgan fingerprint density at radius 3 is 1.80 bits per heavy atom. The van der Waals surface area contributed by atoms with Gasteiger partial charge in [0.25, 0.3) is 11.8 Å². The minimum Gasteiger partial charge on any atom is -0.450 e. The molecule has 0 aliphatic carbocycles. The van der Waals surface area contributed by atoms with Crippen LogP contribution in [0.15, 0.2) is 72.8 Å². The zero-order chi connectivity index (χ0) is 42.0. The van der Waals surface area contributed by atoms with Crippen molar-refractivity contribution in [3.8, 4) is 11.5 Å². The maximum atomic E-state index is 14.4. The van der Waals surface area contributed by atoms with Crippen molar-refractivity contribution in [3.63, 3.8) is 0 Å². The van der Waals surface area contributed by atoms with Crippen molar-refractivity contribution in [2.45, 2.75) is 18.3 Å². The molecule has 0 bridgehead atoms. The number of anilines is 2. The summed E-state index contributed by atoms with van der Waals surface area (Å²) < 4.78 is 33.0. The average Bonchev–Trinajstić information content (AvgIpc) is 3.96. The lowest BCUT2D eigenvalue weighted by atomic mass is 9.95. The number of primary amides is 1. The third kappa shape index (κ3) is 8.71. The highest BCUT2D eigenvalue weighted by Gasteiger charge is 2.39. The maximum Gasteiger partial charge on any atom is 0.524 e. The Labute approximate surface area is 352 Å². The number of carbonyl (C=O) groups excluding carboxylic acids is 4. The standard InChI is InChI=1S/C40H39Cl2N4O11PS/c1-54-16-14-44(13-6-15-55-39(43)49)40(50)56-31-17-29-35(27-9-4-2-7-25(27)31)23(19-41)21-45(29)37(47)33-11-12-34(59-33)38(48)46-22-24(20-42)36-28-10-5-3-8-26(28)32(18-30(36)46)57-58(51,52)53/h2-5,7-12,17-18,23-24H,6,13-16,19-22H2,1H3,(H2,43,49)(H2,51,52,53)/t23-,24-/m1/s1. The molecule has 5 aromatic rings. The fourth-order valence-electron chi connectivity index (χ4n) is 7.67. The van der Waals surface area contributed by atoms with Crippen LogP contribution in [0.25, 0.3) is 21.5 Å². The van der Waals surface area contributed by atoms with Gasteiger partial charge in [0.15, 0.2) is 0 Å². The Morgan fingerprint density at radius 2 is 1.31 bits per heavy atom. The lowest BCUT2D eigenvalue weighted by Gasteiger charge is -2.23. The van der Waals surface area contributed by atoms with Crippen molar-refractivity contribution in [2.75, 3.05) is 68.1 Å². The van der Waals surface area contributed by atoms with E-state index in [0.717, 1.165) is 27.8 Å². The first-order chi connectivity index (χ1) is 28.3. The molecule has 2 aliphatic heterocycles. The minimum atomic E-state index is -4.96. The molecule has 0 fully saturated rings. The first kappa shape index (κ1) is 42.2.